The molecule has 0 radical (unpaired) electrons. The van der Waals surface area contributed by atoms with Gasteiger partial charge in [0, 0.05) is 18.1 Å². The minimum Gasteiger partial charge on any atom is -0.399 e. The van der Waals surface area contributed by atoms with Gasteiger partial charge < -0.3 is 5.73 Å². The number of aliphatic imine (C=N–C) groups is 1. The summed E-state index contributed by atoms with van der Waals surface area (Å²) in [5.41, 5.74) is 7.53. The summed E-state index contributed by atoms with van der Waals surface area (Å²) in [6, 6.07) is 7.80. The zero-order valence-corrected chi connectivity index (χ0v) is 7.07. The van der Waals surface area contributed by atoms with E-state index in [9.17, 15) is 0 Å². The van der Waals surface area contributed by atoms with Crippen LogP contribution >= 0.6 is 0 Å². The summed E-state index contributed by atoms with van der Waals surface area (Å²) in [6.45, 7) is 2.00. The van der Waals surface area contributed by atoms with E-state index in [4.69, 9.17) is 5.73 Å². The van der Waals surface area contributed by atoms with Crippen LogP contribution in [0.1, 0.15) is 5.56 Å². The smallest absolute Gasteiger partial charge is 0.0343 e. The highest BCUT2D eigenvalue weighted by molar-refractivity contribution is 5.76. The molecule has 0 amide bonds. The highest BCUT2D eigenvalue weighted by atomic mass is 14.7. The Morgan fingerprint density at radius 2 is 1.75 bits per heavy atom. The molecule has 0 saturated heterocycles. The van der Waals surface area contributed by atoms with Crippen molar-refractivity contribution in [1.82, 2.24) is 0 Å². The number of nitrogen functional groups attached to an aromatic ring is 1. The van der Waals surface area contributed by atoms with Crippen LogP contribution in [0.15, 0.2) is 41.5 Å². The maximum atomic E-state index is 5.52. The van der Waals surface area contributed by atoms with Crippen molar-refractivity contribution >= 4 is 11.9 Å². The Morgan fingerprint density at radius 3 is 2.00 bits per heavy atom. The number of nitrogens with two attached hydrogens (primary N) is 1. The average molecular weight is 160 g/mol. The molecule has 2 N–H and O–H groups in total. The van der Waals surface area contributed by atoms with Gasteiger partial charge in [-0.1, -0.05) is 18.2 Å². The van der Waals surface area contributed by atoms with E-state index in [1.54, 1.807) is 12.4 Å². The molecule has 0 bridgehead atoms. The van der Waals surface area contributed by atoms with Gasteiger partial charge in [0.05, 0.1) is 0 Å². The van der Waals surface area contributed by atoms with Gasteiger partial charge in [-0.2, -0.15) is 0 Å². The Morgan fingerprint density at radius 1 is 1.25 bits per heavy atom. The number of rotatable bonds is 0. The Balaban J connectivity index is 0.000000150. The zero-order chi connectivity index (χ0) is 8.81. The van der Waals surface area contributed by atoms with Crippen molar-refractivity contribution in [3.63, 3.8) is 0 Å². The van der Waals surface area contributed by atoms with Gasteiger partial charge in [0.15, 0.2) is 0 Å². The predicted octanol–water partition coefficient (Wildman–Crippen LogP) is 2.16. The summed E-state index contributed by atoms with van der Waals surface area (Å²) >= 11 is 0. The molecule has 2 heteroatoms. The fourth-order valence-corrected chi connectivity index (χ4v) is 0.673. The van der Waals surface area contributed by atoms with E-state index in [-0.39, 0.29) is 0 Å². The normalized spacial score (nSPS) is 11.4. The molecule has 2 rings (SSSR count). The number of hydrogen-bond donors (Lipinski definition) is 1. The zero-order valence-electron chi connectivity index (χ0n) is 7.07. The first kappa shape index (κ1) is 8.53. The Hall–Kier alpha value is -1.57. The molecule has 0 atom stereocenters. The number of para-hydroxylation sites is 1. The number of benzene rings is 1. The van der Waals surface area contributed by atoms with Gasteiger partial charge in [-0.25, -0.2) is 0 Å². The molecule has 0 saturated carbocycles. The second-order valence-corrected chi connectivity index (χ2v) is 2.50. The third-order valence-corrected chi connectivity index (χ3v) is 1.53. The molecule has 1 aromatic carbocycles. The monoisotopic (exact) mass is 160 g/mol. The van der Waals surface area contributed by atoms with Crippen LogP contribution in [-0.4, -0.2) is 6.21 Å². The molecule has 12 heavy (non-hydrogen) atoms. The fourth-order valence-electron chi connectivity index (χ4n) is 0.673. The summed E-state index contributed by atoms with van der Waals surface area (Å²) in [5.74, 6) is 0. The molecule has 1 heterocycles. The van der Waals surface area contributed by atoms with Crippen molar-refractivity contribution in [2.75, 3.05) is 5.73 Å². The number of anilines is 1. The third-order valence-electron chi connectivity index (χ3n) is 1.53. The lowest BCUT2D eigenvalue weighted by Crippen LogP contribution is -1.85. The average Bonchev–Trinajstić information content (AvgIpc) is 1.92. The predicted molar refractivity (Wildman–Crippen MR) is 53.2 cm³/mol. The Labute approximate surface area is 72.4 Å². The van der Waals surface area contributed by atoms with Gasteiger partial charge in [-0.05, 0) is 24.6 Å². The molecule has 0 aliphatic carbocycles. The van der Waals surface area contributed by atoms with Gasteiger partial charge in [-0.3, -0.25) is 4.99 Å². The number of allylic oxidation sites excluding steroid dienone is 1. The van der Waals surface area contributed by atoms with Gasteiger partial charge in [0.1, 0.15) is 0 Å². The molecule has 1 aromatic rings. The van der Waals surface area contributed by atoms with Crippen LogP contribution in [0.2, 0.25) is 0 Å². The topological polar surface area (TPSA) is 38.4 Å². The molecule has 0 fully saturated rings. The van der Waals surface area contributed by atoms with E-state index in [1.165, 1.54) is 0 Å². The molecule has 1 aliphatic rings. The number of hydrogen-bond acceptors (Lipinski definition) is 2. The highest BCUT2D eigenvalue weighted by Crippen LogP contribution is 2.06. The van der Waals surface area contributed by atoms with Crippen LogP contribution < -0.4 is 5.73 Å². The van der Waals surface area contributed by atoms with Crippen LogP contribution in [0, 0.1) is 6.92 Å². The lowest BCUT2D eigenvalue weighted by atomic mass is 10.2. The van der Waals surface area contributed by atoms with Gasteiger partial charge >= 0.3 is 0 Å². The van der Waals surface area contributed by atoms with E-state index in [0.29, 0.717) is 0 Å². The van der Waals surface area contributed by atoms with Crippen molar-refractivity contribution in [3.8, 4) is 0 Å². The number of aryl methyl sites for hydroxylation is 1. The first-order valence-corrected chi connectivity index (χ1v) is 3.80. The lowest BCUT2D eigenvalue weighted by Gasteiger charge is -1.93. The quantitative estimate of drug-likeness (QED) is 0.580. The Kier molecular flexibility index (Phi) is 3.08. The Bertz CT molecular complexity index is 261. The third kappa shape index (κ3) is 2.58. The van der Waals surface area contributed by atoms with Crippen molar-refractivity contribution in [2.45, 2.75) is 6.92 Å². The molecule has 62 valence electrons. The molecule has 0 aromatic heterocycles. The fraction of sp³-hybridized carbons (Fsp3) is 0.100. The lowest BCUT2D eigenvalue weighted by molar-refractivity contribution is 1.47. The van der Waals surface area contributed by atoms with Crippen molar-refractivity contribution < 1.29 is 0 Å². The maximum absolute atomic E-state index is 5.52. The van der Waals surface area contributed by atoms with E-state index in [1.807, 2.05) is 37.3 Å². The van der Waals surface area contributed by atoms with Crippen LogP contribution in [0.5, 0.6) is 0 Å². The number of nitrogens with zero attached hydrogens (tertiary/aromatic N) is 1. The SMILES string of the molecule is C1=CN=C1.Cc1ccccc1N. The maximum Gasteiger partial charge on any atom is 0.0343 e. The minimum atomic E-state index is 0.868. The summed E-state index contributed by atoms with van der Waals surface area (Å²) in [7, 11) is 0. The second kappa shape index (κ2) is 4.34. The van der Waals surface area contributed by atoms with Crippen LogP contribution in [0.4, 0.5) is 5.69 Å². The molecular weight excluding hydrogens is 148 g/mol. The van der Waals surface area contributed by atoms with Crippen LogP contribution in [0.3, 0.4) is 0 Å². The molecule has 2 nitrogen and oxygen atoms in total. The van der Waals surface area contributed by atoms with E-state index >= 15 is 0 Å². The largest absolute Gasteiger partial charge is 0.399 e. The molecule has 0 spiro atoms. The first-order chi connectivity index (χ1) is 5.80. The summed E-state index contributed by atoms with van der Waals surface area (Å²) in [4.78, 5) is 3.61. The van der Waals surface area contributed by atoms with Crippen LogP contribution in [-0.2, 0) is 0 Å². The summed E-state index contributed by atoms with van der Waals surface area (Å²) < 4.78 is 0. The van der Waals surface area contributed by atoms with E-state index < -0.39 is 0 Å². The molecule has 1 aliphatic heterocycles. The van der Waals surface area contributed by atoms with E-state index in [0.717, 1.165) is 11.3 Å². The summed E-state index contributed by atoms with van der Waals surface area (Å²) in [6.07, 6.45) is 5.39. The summed E-state index contributed by atoms with van der Waals surface area (Å²) in [5, 5.41) is 0. The second-order valence-electron chi connectivity index (χ2n) is 2.50. The van der Waals surface area contributed by atoms with Crippen molar-refractivity contribution in [3.05, 3.63) is 42.1 Å². The van der Waals surface area contributed by atoms with Crippen molar-refractivity contribution in [1.29, 1.82) is 0 Å². The first-order valence-electron chi connectivity index (χ1n) is 3.80. The van der Waals surface area contributed by atoms with Crippen molar-refractivity contribution in [2.24, 2.45) is 4.99 Å². The van der Waals surface area contributed by atoms with Gasteiger partial charge in [-0.15, -0.1) is 0 Å². The highest BCUT2D eigenvalue weighted by Gasteiger charge is 1.84. The van der Waals surface area contributed by atoms with Gasteiger partial charge in [0.2, 0.25) is 0 Å². The molecular formula is C10H12N2. The van der Waals surface area contributed by atoms with Crippen LogP contribution in [0.25, 0.3) is 0 Å². The minimum absolute atomic E-state index is 0.868. The standard InChI is InChI=1S/C7H9N.C3H3N/c1-6-4-2-3-5-7(6)8;1-2-4-3-1/h2-5H,8H2,1H3;1-3H. The van der Waals surface area contributed by atoms with E-state index in [2.05, 4.69) is 4.99 Å². The molecule has 0 unspecified atom stereocenters. The van der Waals surface area contributed by atoms with Gasteiger partial charge in [0.25, 0.3) is 0 Å².